The summed E-state index contributed by atoms with van der Waals surface area (Å²) in [6.45, 7) is 5.31. The van der Waals surface area contributed by atoms with Gasteiger partial charge in [0, 0.05) is 23.2 Å². The third-order valence-electron chi connectivity index (χ3n) is 6.58. The van der Waals surface area contributed by atoms with Gasteiger partial charge < -0.3 is 0 Å². The van der Waals surface area contributed by atoms with E-state index in [1.807, 2.05) is 6.20 Å². The minimum Gasteiger partial charge on any atom is -0.294 e. The standard InChI is InChI=1S/C20H22N2/c1-2-14-12-20-13-16(22(20)10-8-18(14)20)11-15-7-9-21-19-6-4-3-5-17(15)19/h2-7,9,14,16,18H,1,8,10-13H2. The fourth-order valence-corrected chi connectivity index (χ4v) is 5.57. The number of aromatic nitrogens is 1. The lowest BCUT2D eigenvalue weighted by Crippen LogP contribution is -2.71. The Morgan fingerprint density at radius 3 is 3.09 bits per heavy atom. The van der Waals surface area contributed by atoms with E-state index >= 15 is 0 Å². The number of nitrogens with zero attached hydrogens (tertiary/aromatic N) is 2. The Morgan fingerprint density at radius 2 is 2.18 bits per heavy atom. The molecule has 3 heterocycles. The van der Waals surface area contributed by atoms with Gasteiger partial charge in [0.15, 0.2) is 0 Å². The molecule has 112 valence electrons. The summed E-state index contributed by atoms with van der Waals surface area (Å²) in [4.78, 5) is 7.31. The molecule has 3 fully saturated rings. The van der Waals surface area contributed by atoms with Gasteiger partial charge in [-0.2, -0.15) is 0 Å². The number of rotatable bonds is 3. The molecule has 0 N–H and O–H groups in total. The molecule has 2 aromatic rings. The molecule has 0 amide bonds. The average molecular weight is 290 g/mol. The Morgan fingerprint density at radius 1 is 1.27 bits per heavy atom. The summed E-state index contributed by atoms with van der Waals surface area (Å²) in [6, 6.07) is 11.5. The quantitative estimate of drug-likeness (QED) is 0.799. The summed E-state index contributed by atoms with van der Waals surface area (Å²) in [6.07, 6.45) is 9.47. The first kappa shape index (κ1) is 12.8. The second-order valence-corrected chi connectivity index (χ2v) is 7.35. The van der Waals surface area contributed by atoms with Crippen LogP contribution in [0.25, 0.3) is 10.9 Å². The van der Waals surface area contributed by atoms with Crippen molar-refractivity contribution in [3.05, 3.63) is 54.7 Å². The number of benzene rings is 1. The molecule has 3 aliphatic rings. The molecule has 1 saturated carbocycles. The van der Waals surface area contributed by atoms with Gasteiger partial charge in [0.1, 0.15) is 0 Å². The maximum absolute atomic E-state index is 4.49. The first-order valence-corrected chi connectivity index (χ1v) is 8.54. The summed E-state index contributed by atoms with van der Waals surface area (Å²) >= 11 is 0. The van der Waals surface area contributed by atoms with Crippen LogP contribution in [0.4, 0.5) is 0 Å². The lowest BCUT2D eigenvalue weighted by atomic mass is 9.53. The van der Waals surface area contributed by atoms with Gasteiger partial charge in [-0.25, -0.2) is 0 Å². The van der Waals surface area contributed by atoms with E-state index in [1.54, 1.807) is 0 Å². The number of hydrogen-bond acceptors (Lipinski definition) is 2. The van der Waals surface area contributed by atoms with Crippen molar-refractivity contribution in [1.82, 2.24) is 9.88 Å². The number of allylic oxidation sites excluding steroid dienone is 1. The van der Waals surface area contributed by atoms with Gasteiger partial charge in [-0.1, -0.05) is 24.3 Å². The Balaban J connectivity index is 1.39. The zero-order chi connectivity index (χ0) is 14.7. The molecular formula is C20H22N2. The molecule has 0 bridgehead atoms. The van der Waals surface area contributed by atoms with Crippen molar-refractivity contribution < 1.29 is 0 Å². The topological polar surface area (TPSA) is 16.1 Å². The summed E-state index contributed by atoms with van der Waals surface area (Å²) < 4.78 is 0. The molecule has 0 radical (unpaired) electrons. The molecule has 1 spiro atoms. The van der Waals surface area contributed by atoms with E-state index in [0.29, 0.717) is 5.54 Å². The van der Waals surface area contributed by atoms with Crippen LogP contribution in [0, 0.1) is 11.8 Å². The second-order valence-electron chi connectivity index (χ2n) is 7.35. The fraction of sp³-hybridized carbons (Fsp3) is 0.450. The van der Waals surface area contributed by atoms with E-state index < -0.39 is 0 Å². The first-order valence-electron chi connectivity index (χ1n) is 8.54. The maximum Gasteiger partial charge on any atom is 0.0704 e. The zero-order valence-electron chi connectivity index (χ0n) is 12.9. The van der Waals surface area contributed by atoms with Gasteiger partial charge in [0.05, 0.1) is 5.52 Å². The van der Waals surface area contributed by atoms with E-state index in [4.69, 9.17) is 0 Å². The van der Waals surface area contributed by atoms with E-state index in [9.17, 15) is 0 Å². The van der Waals surface area contributed by atoms with Gasteiger partial charge in [-0.3, -0.25) is 9.88 Å². The Kier molecular flexibility index (Phi) is 2.58. The first-order chi connectivity index (χ1) is 10.8. The summed E-state index contributed by atoms with van der Waals surface area (Å²) in [7, 11) is 0. The Hall–Kier alpha value is -1.67. The zero-order valence-corrected chi connectivity index (χ0v) is 12.9. The Bertz CT molecular complexity index is 747. The monoisotopic (exact) mass is 290 g/mol. The molecule has 1 aromatic heterocycles. The minimum atomic E-state index is 0.562. The SMILES string of the molecule is C=CC1CC23CC(Cc4ccnc5ccccc45)N2CCC13. The van der Waals surface area contributed by atoms with Gasteiger partial charge in [-0.15, -0.1) is 6.58 Å². The average Bonchev–Trinajstić information content (AvgIpc) is 2.74. The van der Waals surface area contributed by atoms with E-state index in [1.165, 1.54) is 43.2 Å². The molecule has 2 heteroatoms. The van der Waals surface area contributed by atoms with Crippen molar-refractivity contribution in [2.24, 2.45) is 11.8 Å². The third-order valence-corrected chi connectivity index (χ3v) is 6.58. The van der Waals surface area contributed by atoms with Crippen LogP contribution < -0.4 is 0 Å². The van der Waals surface area contributed by atoms with Crippen LogP contribution >= 0.6 is 0 Å². The van der Waals surface area contributed by atoms with Crippen LogP contribution in [0.3, 0.4) is 0 Å². The second kappa shape index (κ2) is 4.42. The van der Waals surface area contributed by atoms with Crippen LogP contribution in [0.5, 0.6) is 0 Å². The summed E-state index contributed by atoms with van der Waals surface area (Å²) in [5.41, 5.74) is 3.16. The van der Waals surface area contributed by atoms with Crippen molar-refractivity contribution in [3.8, 4) is 0 Å². The van der Waals surface area contributed by atoms with Gasteiger partial charge in [-0.05, 0) is 61.8 Å². The van der Waals surface area contributed by atoms with Crippen molar-refractivity contribution in [2.75, 3.05) is 6.54 Å². The molecule has 2 aliphatic heterocycles. The van der Waals surface area contributed by atoms with Crippen LogP contribution in [0.1, 0.15) is 24.8 Å². The summed E-state index contributed by atoms with van der Waals surface area (Å²) in [5, 5.41) is 1.33. The van der Waals surface area contributed by atoms with Crippen LogP contribution in [-0.4, -0.2) is 28.0 Å². The molecule has 4 atom stereocenters. The minimum absolute atomic E-state index is 0.562. The molecule has 5 rings (SSSR count). The summed E-state index contributed by atoms with van der Waals surface area (Å²) in [5.74, 6) is 1.68. The highest BCUT2D eigenvalue weighted by Crippen LogP contribution is 2.63. The molecular weight excluding hydrogens is 268 g/mol. The molecule has 1 aromatic carbocycles. The lowest BCUT2D eigenvalue weighted by molar-refractivity contribution is -0.134. The van der Waals surface area contributed by atoms with Crippen LogP contribution in [0.2, 0.25) is 0 Å². The van der Waals surface area contributed by atoms with Crippen LogP contribution in [-0.2, 0) is 6.42 Å². The highest BCUT2D eigenvalue weighted by Gasteiger charge is 2.66. The van der Waals surface area contributed by atoms with Crippen molar-refractivity contribution in [2.45, 2.75) is 37.3 Å². The van der Waals surface area contributed by atoms with E-state index in [2.05, 4.69) is 52.9 Å². The van der Waals surface area contributed by atoms with E-state index in [-0.39, 0.29) is 0 Å². The van der Waals surface area contributed by atoms with Gasteiger partial charge in [0.25, 0.3) is 0 Å². The van der Waals surface area contributed by atoms with E-state index in [0.717, 1.165) is 23.4 Å². The highest BCUT2D eigenvalue weighted by molar-refractivity contribution is 5.81. The molecule has 2 saturated heterocycles. The van der Waals surface area contributed by atoms with Crippen molar-refractivity contribution in [1.29, 1.82) is 0 Å². The molecule has 2 nitrogen and oxygen atoms in total. The Labute approximate surface area is 131 Å². The number of fused-ring (bicyclic) bond motifs is 1. The number of hydrogen-bond donors (Lipinski definition) is 0. The molecule has 1 aliphatic carbocycles. The fourth-order valence-electron chi connectivity index (χ4n) is 5.57. The van der Waals surface area contributed by atoms with Crippen LogP contribution in [0.15, 0.2) is 49.2 Å². The van der Waals surface area contributed by atoms with Crippen molar-refractivity contribution >= 4 is 10.9 Å². The lowest BCUT2D eigenvalue weighted by Gasteiger charge is -2.65. The molecule has 22 heavy (non-hydrogen) atoms. The van der Waals surface area contributed by atoms with Gasteiger partial charge in [0.2, 0.25) is 0 Å². The number of pyridine rings is 1. The number of para-hydroxylation sites is 1. The third kappa shape index (κ3) is 1.51. The molecule has 4 unspecified atom stereocenters. The van der Waals surface area contributed by atoms with Crippen molar-refractivity contribution in [3.63, 3.8) is 0 Å². The van der Waals surface area contributed by atoms with Gasteiger partial charge >= 0.3 is 0 Å². The smallest absolute Gasteiger partial charge is 0.0704 e. The normalized spacial score (nSPS) is 36.3. The largest absolute Gasteiger partial charge is 0.294 e. The predicted molar refractivity (Wildman–Crippen MR) is 89.7 cm³/mol. The predicted octanol–water partition coefficient (Wildman–Crippen LogP) is 3.82. The highest BCUT2D eigenvalue weighted by atomic mass is 15.3. The maximum atomic E-state index is 4.49.